The van der Waals surface area contributed by atoms with Crippen LogP contribution >= 0.6 is 0 Å². The summed E-state index contributed by atoms with van der Waals surface area (Å²) in [6.45, 7) is 2.37. The first-order chi connectivity index (χ1) is 15.8. The molecule has 3 aromatic heterocycles. The Morgan fingerprint density at radius 2 is 2.00 bits per heavy atom. The molecule has 1 fully saturated rings. The monoisotopic (exact) mass is 452 g/mol. The van der Waals surface area contributed by atoms with Gasteiger partial charge in [0.2, 0.25) is 0 Å². The second-order valence-corrected chi connectivity index (χ2v) is 8.95. The van der Waals surface area contributed by atoms with E-state index < -0.39 is 0 Å². The normalized spacial score (nSPS) is 19.1. The van der Waals surface area contributed by atoms with Crippen LogP contribution in [0.4, 0.5) is 0 Å². The number of amides is 1. The summed E-state index contributed by atoms with van der Waals surface area (Å²) in [5, 5.41) is 11.1. The van der Waals surface area contributed by atoms with E-state index in [-0.39, 0.29) is 23.9 Å². The number of hydrogen-bond acceptors (Lipinski definition) is 6. The molecular weight excluding hydrogens is 424 g/mol. The lowest BCUT2D eigenvalue weighted by molar-refractivity contribution is -0.122. The van der Waals surface area contributed by atoms with Gasteiger partial charge in [-0.2, -0.15) is 5.10 Å². The molecule has 2 bridgehead atoms. The van der Waals surface area contributed by atoms with Crippen molar-refractivity contribution in [1.29, 1.82) is 0 Å². The van der Waals surface area contributed by atoms with Crippen molar-refractivity contribution in [2.24, 2.45) is 13.0 Å². The van der Waals surface area contributed by atoms with E-state index in [9.17, 15) is 9.59 Å². The smallest absolute Gasteiger partial charge is 0.290 e. The third kappa shape index (κ3) is 4.38. The van der Waals surface area contributed by atoms with Gasteiger partial charge in [0.15, 0.2) is 0 Å². The predicted octanol–water partition coefficient (Wildman–Crippen LogP) is 1.15. The number of carbonyl (C=O) groups excluding carboxylic acids is 1. The van der Waals surface area contributed by atoms with Crippen LogP contribution in [0.5, 0.6) is 0 Å². The van der Waals surface area contributed by atoms with Gasteiger partial charge in [0.1, 0.15) is 5.52 Å². The van der Waals surface area contributed by atoms with Crippen LogP contribution < -0.4 is 5.56 Å². The maximum absolute atomic E-state index is 13.2. The molecule has 10 nitrogen and oxygen atoms in total. The molecular formula is C23H28N6O4. The molecule has 2 aliphatic rings. The maximum atomic E-state index is 13.2. The zero-order valence-electron chi connectivity index (χ0n) is 19.0. The van der Waals surface area contributed by atoms with Crippen LogP contribution in [-0.4, -0.2) is 73.8 Å². The van der Waals surface area contributed by atoms with Crippen molar-refractivity contribution in [3.8, 4) is 0 Å². The van der Waals surface area contributed by atoms with Crippen LogP contribution in [0, 0.1) is 5.92 Å². The highest BCUT2D eigenvalue weighted by Crippen LogP contribution is 2.35. The minimum absolute atomic E-state index is 0.000301. The number of aromatic nitrogens is 4. The average molecular weight is 453 g/mol. The topological polar surface area (TPSA) is 114 Å². The van der Waals surface area contributed by atoms with E-state index >= 15 is 0 Å². The Hall–Kier alpha value is -3.53. The molecule has 174 valence electrons. The molecule has 1 amide bonds. The van der Waals surface area contributed by atoms with Crippen molar-refractivity contribution in [3.05, 3.63) is 57.8 Å². The number of rotatable bonds is 3. The van der Waals surface area contributed by atoms with E-state index in [0.717, 1.165) is 28.7 Å². The van der Waals surface area contributed by atoms with Gasteiger partial charge in [-0.1, -0.05) is 6.07 Å². The van der Waals surface area contributed by atoms with Crippen molar-refractivity contribution in [2.45, 2.75) is 25.4 Å². The average Bonchev–Trinajstić information content (AvgIpc) is 3.16. The molecule has 10 heteroatoms. The first-order valence-electron chi connectivity index (χ1n) is 10.8. The minimum atomic E-state index is -0.250. The second kappa shape index (κ2) is 9.14. The highest BCUT2D eigenvalue weighted by molar-refractivity contribution is 5.96. The third-order valence-electron chi connectivity index (χ3n) is 6.30. The van der Waals surface area contributed by atoms with Gasteiger partial charge in [-0.15, -0.1) is 0 Å². The number of carbonyl (C=O) groups is 2. The van der Waals surface area contributed by atoms with E-state index in [2.05, 4.69) is 16.1 Å². The van der Waals surface area contributed by atoms with Gasteiger partial charge in [-0.05, 0) is 38.6 Å². The number of nitrogens with zero attached hydrogens (tertiary/aromatic N) is 6. The minimum Gasteiger partial charge on any atom is -0.483 e. The fourth-order valence-corrected chi connectivity index (χ4v) is 4.94. The summed E-state index contributed by atoms with van der Waals surface area (Å²) >= 11 is 0. The number of piperidine rings is 1. The van der Waals surface area contributed by atoms with E-state index in [1.165, 1.54) is 0 Å². The van der Waals surface area contributed by atoms with Crippen molar-refractivity contribution >= 4 is 23.4 Å². The van der Waals surface area contributed by atoms with Crippen LogP contribution in [0.25, 0.3) is 11.0 Å². The van der Waals surface area contributed by atoms with Gasteiger partial charge in [-0.25, -0.2) is 0 Å². The summed E-state index contributed by atoms with van der Waals surface area (Å²) in [4.78, 5) is 42.9. The SMILES string of the molecule is CN(C)Cc1ccc2n(c1=O)C[C@H]1C[C@@H]2CN(C(=O)c2cnc3cnn(C)c3c2)C1.O=CO. The highest BCUT2D eigenvalue weighted by Gasteiger charge is 2.37. The largest absolute Gasteiger partial charge is 0.483 e. The van der Waals surface area contributed by atoms with Gasteiger partial charge < -0.3 is 19.5 Å². The van der Waals surface area contributed by atoms with Crippen LogP contribution in [-0.2, 0) is 24.9 Å². The number of likely N-dealkylation sites (tertiary alicyclic amines) is 1. The molecule has 0 spiro atoms. The lowest BCUT2D eigenvalue weighted by Crippen LogP contribution is -2.49. The van der Waals surface area contributed by atoms with E-state index in [4.69, 9.17) is 9.90 Å². The van der Waals surface area contributed by atoms with Gasteiger partial charge in [-0.3, -0.25) is 24.0 Å². The van der Waals surface area contributed by atoms with Gasteiger partial charge >= 0.3 is 0 Å². The van der Waals surface area contributed by atoms with Crippen LogP contribution in [0.1, 0.15) is 34.0 Å². The number of hydrogen-bond donors (Lipinski definition) is 1. The first-order valence-corrected chi connectivity index (χ1v) is 10.8. The van der Waals surface area contributed by atoms with Gasteiger partial charge in [0, 0.05) is 56.6 Å². The molecule has 2 aliphatic heterocycles. The molecule has 5 heterocycles. The lowest BCUT2D eigenvalue weighted by Gasteiger charge is -2.43. The van der Waals surface area contributed by atoms with E-state index in [0.29, 0.717) is 37.7 Å². The summed E-state index contributed by atoms with van der Waals surface area (Å²) in [6.07, 6.45) is 4.37. The molecule has 5 rings (SSSR count). The molecule has 0 radical (unpaired) electrons. The number of pyridine rings is 2. The number of aryl methyl sites for hydroxylation is 1. The van der Waals surface area contributed by atoms with Crippen molar-refractivity contribution in [2.75, 3.05) is 27.2 Å². The first kappa shape index (κ1) is 22.7. The Morgan fingerprint density at radius 1 is 1.24 bits per heavy atom. The standard InChI is InChI=1S/C22H26N6O2.CH2O2/c1-25(2)12-15-4-5-19-17-6-14(11-28(19)22(15)30)10-27(13-17)21(29)16-7-20-18(23-8-16)9-24-26(20)3;2-1-3/h4-5,7-9,14,17H,6,10-13H2,1-3H3;1H,(H,2,3)/t14-,17+;/m0./s1. The second-order valence-electron chi connectivity index (χ2n) is 8.95. The van der Waals surface area contributed by atoms with Gasteiger partial charge in [0.25, 0.3) is 17.9 Å². The molecule has 3 aromatic rings. The summed E-state index contributed by atoms with van der Waals surface area (Å²) in [5.41, 5.74) is 4.21. The number of fused-ring (bicyclic) bond motifs is 5. The highest BCUT2D eigenvalue weighted by atomic mass is 16.3. The molecule has 1 saturated heterocycles. The zero-order valence-corrected chi connectivity index (χ0v) is 19.0. The Labute approximate surface area is 191 Å². The predicted molar refractivity (Wildman–Crippen MR) is 122 cm³/mol. The summed E-state index contributed by atoms with van der Waals surface area (Å²) in [6, 6.07) is 5.90. The molecule has 0 saturated carbocycles. The lowest BCUT2D eigenvalue weighted by atomic mass is 9.82. The van der Waals surface area contributed by atoms with Crippen molar-refractivity contribution in [3.63, 3.8) is 0 Å². The Bertz CT molecular complexity index is 1250. The van der Waals surface area contributed by atoms with Crippen LogP contribution in [0.2, 0.25) is 0 Å². The summed E-state index contributed by atoms with van der Waals surface area (Å²) in [7, 11) is 5.79. The quantitative estimate of drug-likeness (QED) is 0.593. The zero-order chi connectivity index (χ0) is 23.7. The Balaban J connectivity index is 0.000000821. The molecule has 1 N–H and O–H groups in total. The van der Waals surface area contributed by atoms with E-state index in [1.54, 1.807) is 17.1 Å². The van der Waals surface area contributed by atoms with Crippen LogP contribution in [0.15, 0.2) is 35.4 Å². The number of carboxylic acid groups (broad SMARTS) is 1. The molecule has 0 aliphatic carbocycles. The maximum Gasteiger partial charge on any atom is 0.290 e. The fraction of sp³-hybridized carbons (Fsp3) is 0.435. The summed E-state index contributed by atoms with van der Waals surface area (Å²) < 4.78 is 3.68. The molecule has 33 heavy (non-hydrogen) atoms. The van der Waals surface area contributed by atoms with Crippen LogP contribution in [0.3, 0.4) is 0 Å². The summed E-state index contributed by atoms with van der Waals surface area (Å²) in [5.74, 6) is 0.483. The van der Waals surface area contributed by atoms with E-state index in [1.807, 2.05) is 47.6 Å². The molecule has 0 unspecified atom stereocenters. The molecule has 0 aromatic carbocycles. The Kier molecular flexibility index (Phi) is 6.28. The third-order valence-corrected chi connectivity index (χ3v) is 6.30. The Morgan fingerprint density at radius 3 is 2.73 bits per heavy atom. The van der Waals surface area contributed by atoms with Gasteiger partial charge in [0.05, 0.1) is 17.3 Å². The molecule has 2 atom stereocenters. The van der Waals surface area contributed by atoms with Crippen molar-refractivity contribution in [1.82, 2.24) is 29.1 Å². The van der Waals surface area contributed by atoms with Crippen molar-refractivity contribution < 1.29 is 14.7 Å². The fourth-order valence-electron chi connectivity index (χ4n) is 4.94.